The zero-order valence-corrected chi connectivity index (χ0v) is 16.1. The van der Waals surface area contributed by atoms with Crippen LogP contribution in [0.5, 0.6) is 0 Å². The number of amides is 1. The summed E-state index contributed by atoms with van der Waals surface area (Å²) in [6.07, 6.45) is 5.18. The van der Waals surface area contributed by atoms with Crippen LogP contribution in [0.15, 0.2) is 24.5 Å². The molecule has 4 rings (SSSR count). The molecule has 0 radical (unpaired) electrons. The zero-order chi connectivity index (χ0) is 16.9. The number of piperidine rings is 2. The Morgan fingerprint density at radius 2 is 2.17 bits per heavy atom. The molecule has 2 N–H and O–H groups in total. The van der Waals surface area contributed by atoms with Gasteiger partial charge in [0.05, 0.1) is 0 Å². The first-order valence-corrected chi connectivity index (χ1v) is 11.1. The summed E-state index contributed by atoms with van der Waals surface area (Å²) in [4.78, 5) is 17.5. The second kappa shape index (κ2) is 5.87. The van der Waals surface area contributed by atoms with E-state index in [0.29, 0.717) is 26.8 Å². The predicted octanol–water partition coefficient (Wildman–Crippen LogP) is 0.919. The quantitative estimate of drug-likeness (QED) is 0.763. The summed E-state index contributed by atoms with van der Waals surface area (Å²) in [5.74, 6) is 4.49. The van der Waals surface area contributed by atoms with Gasteiger partial charge in [0.15, 0.2) is 0 Å². The molecule has 3 atom stereocenters. The second-order valence-corrected chi connectivity index (χ2v) is 9.25. The summed E-state index contributed by atoms with van der Waals surface area (Å²) in [5.41, 5.74) is 0.669. The molecule has 24 heavy (non-hydrogen) atoms. The Bertz CT molecular complexity index is 770. The summed E-state index contributed by atoms with van der Waals surface area (Å²) in [6, 6.07) is 4.23. The van der Waals surface area contributed by atoms with Crippen molar-refractivity contribution in [3.05, 3.63) is 30.4 Å². The minimum absolute atomic E-state index is 0.172. The molecular formula is C18H24N4OSe. The molecule has 2 fully saturated rings. The Morgan fingerprint density at radius 1 is 1.42 bits per heavy atom. The fourth-order valence-electron chi connectivity index (χ4n) is 4.25. The fraction of sp³-hybridized carbons (Fsp3) is 0.556. The van der Waals surface area contributed by atoms with Crippen LogP contribution in [0.2, 0.25) is 5.82 Å². The van der Waals surface area contributed by atoms with Crippen molar-refractivity contribution in [2.45, 2.75) is 31.6 Å². The van der Waals surface area contributed by atoms with Crippen molar-refractivity contribution in [1.29, 1.82) is 0 Å². The monoisotopic (exact) mass is 392 g/mol. The molecule has 0 spiro atoms. The van der Waals surface area contributed by atoms with E-state index in [4.69, 9.17) is 0 Å². The molecule has 1 unspecified atom stereocenters. The first-order chi connectivity index (χ1) is 11.5. The molecule has 5 nitrogen and oxygen atoms in total. The molecule has 1 amide bonds. The van der Waals surface area contributed by atoms with Crippen LogP contribution in [0.1, 0.15) is 26.1 Å². The Balaban J connectivity index is 1.60. The SMILES string of the molecule is C[Se]c1cccn2c(C(C)(C)NC(=O)C3[C@@H]4CNC[C@H]3C4)ncc12. The van der Waals surface area contributed by atoms with Crippen LogP contribution in [0, 0.1) is 17.8 Å². The number of nitrogens with one attached hydrogen (secondary N) is 2. The Morgan fingerprint density at radius 3 is 2.83 bits per heavy atom. The second-order valence-electron chi connectivity index (χ2n) is 7.47. The van der Waals surface area contributed by atoms with Gasteiger partial charge in [-0.05, 0) is 0 Å². The van der Waals surface area contributed by atoms with Gasteiger partial charge in [-0.1, -0.05) is 0 Å². The number of pyridine rings is 1. The number of carbonyl (C=O) groups is 1. The number of carbonyl (C=O) groups excluding carboxylic acids is 1. The van der Waals surface area contributed by atoms with Crippen molar-refractivity contribution in [1.82, 2.24) is 20.0 Å². The average molecular weight is 391 g/mol. The van der Waals surface area contributed by atoms with Gasteiger partial charge in [-0.15, -0.1) is 0 Å². The van der Waals surface area contributed by atoms with Crippen LogP contribution in [0.4, 0.5) is 0 Å². The maximum absolute atomic E-state index is 12.8. The molecule has 2 aliphatic rings. The van der Waals surface area contributed by atoms with Gasteiger partial charge in [-0.2, -0.15) is 0 Å². The van der Waals surface area contributed by atoms with E-state index in [2.05, 4.69) is 51.8 Å². The normalized spacial score (nSPS) is 26.2. The van der Waals surface area contributed by atoms with Crippen molar-refractivity contribution in [2.24, 2.45) is 17.8 Å². The third-order valence-electron chi connectivity index (χ3n) is 5.48. The van der Waals surface area contributed by atoms with Gasteiger partial charge in [0.25, 0.3) is 0 Å². The van der Waals surface area contributed by atoms with Crippen molar-refractivity contribution < 1.29 is 4.79 Å². The van der Waals surface area contributed by atoms with Crippen molar-refractivity contribution >= 4 is 30.8 Å². The number of nitrogens with zero attached hydrogens (tertiary/aromatic N) is 2. The first-order valence-electron chi connectivity index (χ1n) is 8.54. The Labute approximate surface area is 148 Å². The average Bonchev–Trinajstić information content (AvgIpc) is 2.99. The molecule has 2 bridgehead atoms. The predicted molar refractivity (Wildman–Crippen MR) is 95.6 cm³/mol. The van der Waals surface area contributed by atoms with Crippen LogP contribution < -0.4 is 15.1 Å². The number of rotatable bonds is 4. The number of hydrogen-bond acceptors (Lipinski definition) is 3. The Hall–Kier alpha value is -1.36. The minimum atomic E-state index is -0.486. The number of hydrogen-bond donors (Lipinski definition) is 2. The van der Waals surface area contributed by atoms with E-state index in [1.54, 1.807) is 0 Å². The molecule has 1 aliphatic carbocycles. The van der Waals surface area contributed by atoms with Gasteiger partial charge >= 0.3 is 148 Å². The van der Waals surface area contributed by atoms with Gasteiger partial charge in [0.2, 0.25) is 0 Å². The van der Waals surface area contributed by atoms with Crippen LogP contribution in [0.3, 0.4) is 0 Å². The summed E-state index contributed by atoms with van der Waals surface area (Å²) in [6.45, 7) is 6.05. The molecule has 0 aromatic carbocycles. The van der Waals surface area contributed by atoms with Crippen LogP contribution in [0.25, 0.3) is 5.52 Å². The molecule has 128 valence electrons. The van der Waals surface area contributed by atoms with E-state index >= 15 is 0 Å². The standard InChI is InChI=1S/C18H24N4OSe/c1-18(2,21-16(23)15-11-7-12(15)9-19-8-11)17-20-10-13-14(24-3)5-4-6-22(13)17/h4-6,10-12,15,19H,7-9H2,1-3H3,(H,21,23)/t11-,12+,15?. The summed E-state index contributed by atoms with van der Waals surface area (Å²) in [5, 5.41) is 6.68. The third-order valence-corrected chi connectivity index (χ3v) is 7.13. The Kier molecular flexibility index (Phi) is 3.94. The van der Waals surface area contributed by atoms with Gasteiger partial charge in [-0.25, -0.2) is 0 Å². The molecule has 1 saturated heterocycles. The van der Waals surface area contributed by atoms with Crippen LogP contribution in [-0.4, -0.2) is 43.3 Å². The van der Waals surface area contributed by atoms with E-state index in [1.165, 1.54) is 10.9 Å². The van der Waals surface area contributed by atoms with E-state index in [-0.39, 0.29) is 11.8 Å². The van der Waals surface area contributed by atoms with E-state index < -0.39 is 5.54 Å². The summed E-state index contributed by atoms with van der Waals surface area (Å²) in [7, 11) is 0. The van der Waals surface area contributed by atoms with Crippen molar-refractivity contribution in [3.63, 3.8) is 0 Å². The van der Waals surface area contributed by atoms with Crippen molar-refractivity contribution in [2.75, 3.05) is 13.1 Å². The van der Waals surface area contributed by atoms with Crippen LogP contribution >= 0.6 is 0 Å². The van der Waals surface area contributed by atoms with Gasteiger partial charge < -0.3 is 0 Å². The molecule has 3 heterocycles. The fourth-order valence-corrected chi connectivity index (χ4v) is 5.46. The summed E-state index contributed by atoms with van der Waals surface area (Å²) >= 11 is 0.420. The van der Waals surface area contributed by atoms with E-state index in [9.17, 15) is 4.79 Å². The number of aromatic nitrogens is 2. The molecule has 2 aromatic rings. The number of fused-ring (bicyclic) bond motifs is 3. The molecule has 6 heteroatoms. The van der Waals surface area contributed by atoms with Gasteiger partial charge in [-0.3, -0.25) is 0 Å². The molecule has 1 saturated carbocycles. The first kappa shape index (κ1) is 16.1. The van der Waals surface area contributed by atoms with E-state index in [1.807, 2.05) is 12.4 Å². The summed E-state index contributed by atoms with van der Waals surface area (Å²) < 4.78 is 3.47. The van der Waals surface area contributed by atoms with E-state index in [0.717, 1.165) is 24.4 Å². The molecular weight excluding hydrogens is 367 g/mol. The van der Waals surface area contributed by atoms with Crippen LogP contribution in [-0.2, 0) is 10.3 Å². The zero-order valence-electron chi connectivity index (χ0n) is 14.4. The molecule has 2 aromatic heterocycles. The van der Waals surface area contributed by atoms with Crippen molar-refractivity contribution in [3.8, 4) is 0 Å². The third kappa shape index (κ3) is 2.48. The molecule has 1 aliphatic heterocycles. The topological polar surface area (TPSA) is 58.4 Å². The maximum atomic E-state index is 12.8. The van der Waals surface area contributed by atoms with Gasteiger partial charge in [0.1, 0.15) is 0 Å². The number of imidazole rings is 1. The van der Waals surface area contributed by atoms with Gasteiger partial charge in [0, 0.05) is 0 Å².